The number of nitrogens with zero attached hydrogens (tertiary/aromatic N) is 1. The molecule has 3 rings (SSSR count). The largest absolute Gasteiger partial charge is 0.352 e. The summed E-state index contributed by atoms with van der Waals surface area (Å²) in [5.41, 5.74) is 0. The maximum absolute atomic E-state index is 12.7. The Hall–Kier alpha value is -0.320. The van der Waals surface area contributed by atoms with Gasteiger partial charge in [-0.15, -0.1) is 12.4 Å². The van der Waals surface area contributed by atoms with E-state index >= 15 is 0 Å². The summed E-state index contributed by atoms with van der Waals surface area (Å²) in [6.07, 6.45) is 9.33. The van der Waals surface area contributed by atoms with Crippen molar-refractivity contribution in [2.45, 2.75) is 70.9 Å². The maximum atomic E-state index is 12.7. The number of halogens is 1. The summed E-state index contributed by atoms with van der Waals surface area (Å²) in [4.78, 5) is 15.1. The lowest BCUT2D eigenvalue weighted by molar-refractivity contribution is -0.127. The molecule has 146 valence electrons. The molecule has 4 nitrogen and oxygen atoms in total. The van der Waals surface area contributed by atoms with Crippen LogP contribution in [0.4, 0.5) is 0 Å². The number of fused-ring (bicyclic) bond motifs is 2. The predicted octanol–water partition coefficient (Wildman–Crippen LogP) is 3.06. The molecule has 0 radical (unpaired) electrons. The van der Waals surface area contributed by atoms with Gasteiger partial charge in [0.05, 0.1) is 6.04 Å². The summed E-state index contributed by atoms with van der Waals surface area (Å²) in [5, 5.41) is 6.61. The van der Waals surface area contributed by atoms with E-state index in [1.165, 1.54) is 44.9 Å². The van der Waals surface area contributed by atoms with E-state index in [-0.39, 0.29) is 24.4 Å². The normalized spacial score (nSPS) is 32.2. The quantitative estimate of drug-likeness (QED) is 0.722. The van der Waals surface area contributed by atoms with Gasteiger partial charge >= 0.3 is 0 Å². The number of carbonyl (C=O) groups excluding carboxylic acids is 1. The minimum atomic E-state index is 0. The molecule has 25 heavy (non-hydrogen) atoms. The highest BCUT2D eigenvalue weighted by Gasteiger charge is 2.42. The molecule has 0 aromatic rings. The zero-order valence-electron chi connectivity index (χ0n) is 16.3. The van der Waals surface area contributed by atoms with Crippen molar-refractivity contribution < 1.29 is 4.79 Å². The Morgan fingerprint density at radius 3 is 2.40 bits per heavy atom. The van der Waals surface area contributed by atoms with Crippen molar-refractivity contribution in [1.29, 1.82) is 0 Å². The highest BCUT2D eigenvalue weighted by atomic mass is 35.5. The van der Waals surface area contributed by atoms with Crippen LogP contribution in [-0.2, 0) is 4.79 Å². The first kappa shape index (κ1) is 21.0. The number of carbonyl (C=O) groups is 1. The molecule has 5 atom stereocenters. The second kappa shape index (κ2) is 9.57. The van der Waals surface area contributed by atoms with Gasteiger partial charge in [-0.2, -0.15) is 0 Å². The molecule has 3 aliphatic rings. The van der Waals surface area contributed by atoms with E-state index in [0.717, 1.165) is 43.3 Å². The van der Waals surface area contributed by atoms with E-state index in [2.05, 4.69) is 29.4 Å². The van der Waals surface area contributed by atoms with Gasteiger partial charge in [0, 0.05) is 6.04 Å². The zero-order valence-corrected chi connectivity index (χ0v) is 17.1. The monoisotopic (exact) mass is 371 g/mol. The first-order valence-electron chi connectivity index (χ1n) is 10.3. The minimum absolute atomic E-state index is 0. The van der Waals surface area contributed by atoms with Gasteiger partial charge in [0.25, 0.3) is 0 Å². The number of rotatable bonds is 7. The van der Waals surface area contributed by atoms with Crippen molar-refractivity contribution in [1.82, 2.24) is 15.5 Å². The van der Waals surface area contributed by atoms with Gasteiger partial charge in [-0.3, -0.25) is 9.69 Å². The molecule has 2 N–H and O–H groups in total. The number of piperidine rings is 1. The number of amides is 1. The topological polar surface area (TPSA) is 44.4 Å². The Kier molecular flexibility index (Phi) is 8.03. The SMILES string of the molecule is CNCCC1CCN(C(C)C(=O)NC(C)C2CC3CCC2C3)CC1.Cl. The Balaban J connectivity index is 0.00000225. The van der Waals surface area contributed by atoms with Crippen LogP contribution < -0.4 is 10.6 Å². The summed E-state index contributed by atoms with van der Waals surface area (Å²) >= 11 is 0. The van der Waals surface area contributed by atoms with Gasteiger partial charge < -0.3 is 10.6 Å². The summed E-state index contributed by atoms with van der Waals surface area (Å²) in [6, 6.07) is 0.375. The van der Waals surface area contributed by atoms with E-state index < -0.39 is 0 Å². The fraction of sp³-hybridized carbons (Fsp3) is 0.950. The maximum Gasteiger partial charge on any atom is 0.237 e. The molecule has 1 heterocycles. The van der Waals surface area contributed by atoms with Crippen LogP contribution in [0.3, 0.4) is 0 Å². The molecule has 2 aliphatic carbocycles. The van der Waals surface area contributed by atoms with Crippen LogP contribution in [0.25, 0.3) is 0 Å². The third kappa shape index (κ3) is 5.11. The van der Waals surface area contributed by atoms with Gasteiger partial charge in [-0.25, -0.2) is 0 Å². The molecule has 2 bridgehead atoms. The van der Waals surface area contributed by atoms with Crippen molar-refractivity contribution in [2.24, 2.45) is 23.7 Å². The van der Waals surface area contributed by atoms with Crippen molar-refractivity contribution in [2.75, 3.05) is 26.7 Å². The van der Waals surface area contributed by atoms with Crippen molar-refractivity contribution >= 4 is 18.3 Å². The zero-order chi connectivity index (χ0) is 17.1. The molecule has 5 unspecified atom stereocenters. The van der Waals surface area contributed by atoms with E-state index in [0.29, 0.717) is 6.04 Å². The van der Waals surface area contributed by atoms with Crippen molar-refractivity contribution in [3.8, 4) is 0 Å². The van der Waals surface area contributed by atoms with Crippen LogP contribution in [0, 0.1) is 23.7 Å². The molecule has 1 amide bonds. The van der Waals surface area contributed by atoms with Gasteiger partial charge in [0.2, 0.25) is 5.91 Å². The van der Waals surface area contributed by atoms with Gasteiger partial charge in [0.15, 0.2) is 0 Å². The van der Waals surface area contributed by atoms with Crippen molar-refractivity contribution in [3.05, 3.63) is 0 Å². The van der Waals surface area contributed by atoms with Crippen LogP contribution in [0.15, 0.2) is 0 Å². The third-order valence-corrected chi connectivity index (χ3v) is 7.18. The van der Waals surface area contributed by atoms with Gasteiger partial charge in [0.1, 0.15) is 0 Å². The fourth-order valence-electron chi connectivity index (χ4n) is 5.50. The molecule has 0 aromatic carbocycles. The molecule has 1 saturated heterocycles. The first-order valence-corrected chi connectivity index (χ1v) is 10.3. The molecule has 0 aromatic heterocycles. The summed E-state index contributed by atoms with van der Waals surface area (Å²) in [6.45, 7) is 7.59. The van der Waals surface area contributed by atoms with Crippen LogP contribution in [-0.4, -0.2) is 49.6 Å². The Labute approximate surface area is 160 Å². The second-order valence-corrected chi connectivity index (χ2v) is 8.68. The molecule has 0 spiro atoms. The van der Waals surface area contributed by atoms with Gasteiger partial charge in [-0.05, 0) is 103 Å². The highest BCUT2D eigenvalue weighted by molar-refractivity contribution is 5.85. The number of likely N-dealkylation sites (tertiary alicyclic amines) is 1. The molecule has 1 aliphatic heterocycles. The molecule has 2 saturated carbocycles. The van der Waals surface area contributed by atoms with Crippen LogP contribution in [0.1, 0.15) is 58.8 Å². The lowest BCUT2D eigenvalue weighted by atomic mass is 9.84. The highest BCUT2D eigenvalue weighted by Crippen LogP contribution is 2.49. The van der Waals surface area contributed by atoms with Gasteiger partial charge in [-0.1, -0.05) is 6.42 Å². The van der Waals surface area contributed by atoms with E-state index in [1.807, 2.05) is 7.05 Å². The molecule has 3 fully saturated rings. The molecular formula is C20H38ClN3O. The van der Waals surface area contributed by atoms with Crippen LogP contribution >= 0.6 is 12.4 Å². The Morgan fingerprint density at radius 1 is 1.12 bits per heavy atom. The smallest absolute Gasteiger partial charge is 0.237 e. The number of hydrogen-bond donors (Lipinski definition) is 2. The lowest BCUT2D eigenvalue weighted by Gasteiger charge is -2.36. The lowest BCUT2D eigenvalue weighted by Crippen LogP contribution is -2.51. The fourth-order valence-corrected chi connectivity index (χ4v) is 5.50. The van der Waals surface area contributed by atoms with E-state index in [1.54, 1.807) is 0 Å². The minimum Gasteiger partial charge on any atom is -0.352 e. The predicted molar refractivity (Wildman–Crippen MR) is 106 cm³/mol. The van der Waals surface area contributed by atoms with Crippen molar-refractivity contribution in [3.63, 3.8) is 0 Å². The van der Waals surface area contributed by atoms with E-state index in [4.69, 9.17) is 0 Å². The summed E-state index contributed by atoms with van der Waals surface area (Å²) in [7, 11) is 2.03. The number of hydrogen-bond acceptors (Lipinski definition) is 3. The standard InChI is InChI=1S/C20H37N3O.ClH/c1-14(19-13-17-4-5-18(19)12-17)22-20(24)15(2)23-10-7-16(8-11-23)6-9-21-3;/h14-19,21H,4-13H2,1-3H3,(H,22,24);1H. The third-order valence-electron chi connectivity index (χ3n) is 7.18. The molecular weight excluding hydrogens is 334 g/mol. The van der Waals surface area contributed by atoms with Crippen LogP contribution in [0.2, 0.25) is 0 Å². The van der Waals surface area contributed by atoms with Crippen LogP contribution in [0.5, 0.6) is 0 Å². The summed E-state index contributed by atoms with van der Waals surface area (Å²) in [5.74, 6) is 3.64. The number of nitrogens with one attached hydrogen (secondary N) is 2. The van der Waals surface area contributed by atoms with E-state index in [9.17, 15) is 4.79 Å². The first-order chi connectivity index (χ1) is 11.6. The average Bonchev–Trinajstić information content (AvgIpc) is 3.23. The molecule has 5 heteroatoms. The average molecular weight is 372 g/mol. The Bertz CT molecular complexity index is 425. The Morgan fingerprint density at radius 2 is 1.84 bits per heavy atom. The summed E-state index contributed by atoms with van der Waals surface area (Å²) < 4.78 is 0. The second-order valence-electron chi connectivity index (χ2n) is 8.68.